The van der Waals surface area contributed by atoms with Gasteiger partial charge in [-0.05, 0) is 24.8 Å². The van der Waals surface area contributed by atoms with Crippen LogP contribution in [0.3, 0.4) is 0 Å². The summed E-state index contributed by atoms with van der Waals surface area (Å²) in [6, 6.07) is 0. The second-order valence-corrected chi connectivity index (χ2v) is 7.28. The average Bonchev–Trinajstić information content (AvgIpc) is 2.80. The summed E-state index contributed by atoms with van der Waals surface area (Å²) in [5.74, 6) is 0.744. The first-order valence-corrected chi connectivity index (χ1v) is 8.28. The molecule has 1 aliphatic rings. The van der Waals surface area contributed by atoms with Gasteiger partial charge in [0, 0.05) is 13.0 Å². The lowest BCUT2D eigenvalue weighted by Crippen LogP contribution is -2.45. The molecule has 2 N–H and O–H groups in total. The van der Waals surface area contributed by atoms with E-state index in [-0.39, 0.29) is 12.0 Å². The Labute approximate surface area is 129 Å². The van der Waals surface area contributed by atoms with Crippen molar-refractivity contribution >= 4 is 22.4 Å². The van der Waals surface area contributed by atoms with Crippen molar-refractivity contribution in [1.82, 2.24) is 15.1 Å². The van der Waals surface area contributed by atoms with Crippen LogP contribution in [0.2, 0.25) is 0 Å². The number of amides is 1. The first-order chi connectivity index (χ1) is 9.94. The number of carbonyl (C=O) groups excluding carboxylic acids is 1. The highest BCUT2D eigenvalue weighted by Gasteiger charge is 2.25. The molecular formula is C14H24N4O2S. The smallest absolute Gasteiger partial charge is 0.240 e. The third-order valence-corrected chi connectivity index (χ3v) is 4.53. The highest BCUT2D eigenvalue weighted by Crippen LogP contribution is 2.19. The Kier molecular flexibility index (Phi) is 5.66. The Balaban J connectivity index is 1.80. The minimum atomic E-state index is -0.342. The number of hydrogen-bond acceptors (Lipinski definition) is 6. The van der Waals surface area contributed by atoms with Gasteiger partial charge in [-0.1, -0.05) is 32.1 Å². The number of aliphatic hydroxyl groups excluding tert-OH is 1. The Morgan fingerprint density at radius 2 is 2.29 bits per heavy atom. The van der Waals surface area contributed by atoms with Crippen LogP contribution in [0.15, 0.2) is 0 Å². The molecule has 0 spiro atoms. The van der Waals surface area contributed by atoms with Crippen molar-refractivity contribution in [2.24, 2.45) is 11.8 Å². The number of carbonyl (C=O) groups is 1. The van der Waals surface area contributed by atoms with Crippen LogP contribution in [0.1, 0.15) is 32.2 Å². The van der Waals surface area contributed by atoms with Crippen molar-refractivity contribution in [2.45, 2.75) is 39.7 Å². The molecule has 118 valence electrons. The predicted octanol–water partition coefficient (Wildman–Crippen LogP) is 1.38. The van der Waals surface area contributed by atoms with Gasteiger partial charge in [0.2, 0.25) is 11.0 Å². The highest BCUT2D eigenvalue weighted by molar-refractivity contribution is 7.15. The lowest BCUT2D eigenvalue weighted by Gasteiger charge is -2.33. The zero-order valence-electron chi connectivity index (χ0n) is 12.9. The van der Waals surface area contributed by atoms with Crippen molar-refractivity contribution in [3.05, 3.63) is 5.01 Å². The van der Waals surface area contributed by atoms with E-state index in [1.165, 1.54) is 11.3 Å². The molecule has 1 fully saturated rings. The summed E-state index contributed by atoms with van der Waals surface area (Å²) < 4.78 is 0. The number of aromatic nitrogens is 2. The zero-order valence-corrected chi connectivity index (χ0v) is 13.7. The Bertz CT molecular complexity index is 477. The molecule has 2 rings (SSSR count). The van der Waals surface area contributed by atoms with Gasteiger partial charge in [0.05, 0.1) is 12.6 Å². The molecule has 1 saturated heterocycles. The van der Waals surface area contributed by atoms with E-state index in [0.29, 0.717) is 30.1 Å². The number of hydrogen-bond donors (Lipinski definition) is 2. The molecular weight excluding hydrogens is 288 g/mol. The molecule has 2 unspecified atom stereocenters. The SMILES string of the molecule is CC(C)Cc1nnc(NC(=O)CN2CCC(C)C(O)C2)s1. The summed E-state index contributed by atoms with van der Waals surface area (Å²) in [7, 11) is 0. The van der Waals surface area contributed by atoms with Crippen LogP contribution in [-0.4, -0.2) is 51.8 Å². The molecule has 0 radical (unpaired) electrons. The Morgan fingerprint density at radius 1 is 1.52 bits per heavy atom. The van der Waals surface area contributed by atoms with Gasteiger partial charge < -0.3 is 5.11 Å². The molecule has 1 amide bonds. The van der Waals surface area contributed by atoms with E-state index in [1.807, 2.05) is 11.8 Å². The molecule has 1 aliphatic heterocycles. The van der Waals surface area contributed by atoms with Crippen LogP contribution in [0.4, 0.5) is 5.13 Å². The topological polar surface area (TPSA) is 78.4 Å². The van der Waals surface area contributed by atoms with Crippen molar-refractivity contribution in [3.63, 3.8) is 0 Å². The van der Waals surface area contributed by atoms with E-state index >= 15 is 0 Å². The summed E-state index contributed by atoms with van der Waals surface area (Å²) >= 11 is 1.43. The normalized spacial score (nSPS) is 23.5. The number of aliphatic hydroxyl groups is 1. The van der Waals surface area contributed by atoms with Gasteiger partial charge in [0.25, 0.3) is 0 Å². The molecule has 0 aromatic carbocycles. The van der Waals surface area contributed by atoms with Crippen LogP contribution in [0.5, 0.6) is 0 Å². The van der Waals surface area contributed by atoms with Crippen LogP contribution in [0.25, 0.3) is 0 Å². The molecule has 1 aromatic heterocycles. The molecule has 2 heterocycles. The molecule has 1 aromatic rings. The number of nitrogens with zero attached hydrogens (tertiary/aromatic N) is 3. The number of β-amino-alcohol motifs (C(OH)–C–C–N with tert-alkyl or cyclic N) is 1. The van der Waals surface area contributed by atoms with Gasteiger partial charge in [-0.15, -0.1) is 10.2 Å². The van der Waals surface area contributed by atoms with Crippen LogP contribution in [-0.2, 0) is 11.2 Å². The maximum atomic E-state index is 12.0. The number of piperidine rings is 1. The van der Waals surface area contributed by atoms with Crippen LogP contribution in [0, 0.1) is 11.8 Å². The molecule has 6 nitrogen and oxygen atoms in total. The second-order valence-electron chi connectivity index (χ2n) is 6.22. The lowest BCUT2D eigenvalue weighted by atomic mass is 9.96. The molecule has 21 heavy (non-hydrogen) atoms. The maximum absolute atomic E-state index is 12.0. The van der Waals surface area contributed by atoms with E-state index in [0.717, 1.165) is 24.4 Å². The summed E-state index contributed by atoms with van der Waals surface area (Å²) in [5.41, 5.74) is 0. The van der Waals surface area contributed by atoms with Gasteiger partial charge in [-0.2, -0.15) is 0 Å². The highest BCUT2D eigenvalue weighted by atomic mass is 32.1. The third-order valence-electron chi connectivity index (χ3n) is 3.67. The van der Waals surface area contributed by atoms with Gasteiger partial charge in [0.1, 0.15) is 5.01 Å². The van der Waals surface area contributed by atoms with E-state index in [2.05, 4.69) is 29.4 Å². The van der Waals surface area contributed by atoms with Gasteiger partial charge in [0.15, 0.2) is 0 Å². The van der Waals surface area contributed by atoms with Gasteiger partial charge >= 0.3 is 0 Å². The van der Waals surface area contributed by atoms with E-state index < -0.39 is 0 Å². The summed E-state index contributed by atoms with van der Waals surface area (Å²) in [5, 5.41) is 22.2. The largest absolute Gasteiger partial charge is 0.392 e. The van der Waals surface area contributed by atoms with E-state index in [9.17, 15) is 9.90 Å². The Morgan fingerprint density at radius 3 is 2.95 bits per heavy atom. The van der Waals surface area contributed by atoms with Crippen LogP contribution >= 0.6 is 11.3 Å². The third kappa shape index (κ3) is 5.01. The first kappa shape index (κ1) is 16.3. The van der Waals surface area contributed by atoms with Crippen LogP contribution < -0.4 is 5.32 Å². The predicted molar refractivity (Wildman–Crippen MR) is 83.3 cm³/mol. The quantitative estimate of drug-likeness (QED) is 0.859. The van der Waals surface area contributed by atoms with E-state index in [4.69, 9.17) is 0 Å². The van der Waals surface area contributed by atoms with E-state index in [1.54, 1.807) is 0 Å². The first-order valence-electron chi connectivity index (χ1n) is 7.46. The lowest BCUT2D eigenvalue weighted by molar-refractivity contribution is -0.118. The monoisotopic (exact) mass is 312 g/mol. The molecule has 0 saturated carbocycles. The Hall–Kier alpha value is -1.05. The number of nitrogens with one attached hydrogen (secondary N) is 1. The fourth-order valence-corrected chi connectivity index (χ4v) is 3.32. The standard InChI is InChI=1S/C14H24N4O2S/c1-9(2)6-13-16-17-14(21-13)15-12(20)8-18-5-4-10(3)11(19)7-18/h9-11,19H,4-8H2,1-3H3,(H,15,17,20). The molecule has 0 bridgehead atoms. The molecule has 0 aliphatic carbocycles. The average molecular weight is 312 g/mol. The second kappa shape index (κ2) is 7.29. The number of anilines is 1. The van der Waals surface area contributed by atoms with Crippen molar-refractivity contribution in [2.75, 3.05) is 25.0 Å². The van der Waals surface area contributed by atoms with Gasteiger partial charge in [-0.25, -0.2) is 0 Å². The molecule has 2 atom stereocenters. The summed E-state index contributed by atoms with van der Waals surface area (Å²) in [6.45, 7) is 8.00. The minimum Gasteiger partial charge on any atom is -0.392 e. The number of rotatable bonds is 5. The maximum Gasteiger partial charge on any atom is 0.240 e. The van der Waals surface area contributed by atoms with Gasteiger partial charge in [-0.3, -0.25) is 15.0 Å². The molecule has 7 heteroatoms. The fraction of sp³-hybridized carbons (Fsp3) is 0.786. The summed E-state index contributed by atoms with van der Waals surface area (Å²) in [4.78, 5) is 14.0. The van der Waals surface area contributed by atoms with Crippen molar-refractivity contribution in [1.29, 1.82) is 0 Å². The van der Waals surface area contributed by atoms with Crippen molar-refractivity contribution in [3.8, 4) is 0 Å². The minimum absolute atomic E-state index is 0.0935. The number of likely N-dealkylation sites (tertiary alicyclic amines) is 1. The van der Waals surface area contributed by atoms with Crippen molar-refractivity contribution < 1.29 is 9.90 Å². The fourth-order valence-electron chi connectivity index (χ4n) is 2.36. The summed E-state index contributed by atoms with van der Waals surface area (Å²) in [6.07, 6.45) is 1.46. The zero-order chi connectivity index (χ0) is 15.4.